The van der Waals surface area contributed by atoms with Crippen LogP contribution in [-0.2, 0) is 32.3 Å². The van der Waals surface area contributed by atoms with Gasteiger partial charge in [-0.15, -0.1) is 0 Å². The van der Waals surface area contributed by atoms with E-state index in [1.165, 1.54) is 17.2 Å². The number of ether oxygens (including phenoxy) is 3. The van der Waals surface area contributed by atoms with Crippen LogP contribution < -0.4 is 5.73 Å². The first-order chi connectivity index (χ1) is 16.6. The Morgan fingerprint density at radius 3 is 2.43 bits per heavy atom. The average Bonchev–Trinajstić information content (AvgIpc) is 3.45. The predicted octanol–water partition coefficient (Wildman–Crippen LogP) is 3.88. The summed E-state index contributed by atoms with van der Waals surface area (Å²) >= 11 is 0. The van der Waals surface area contributed by atoms with Gasteiger partial charge in [-0.25, -0.2) is 23.9 Å². The number of nitrogens with two attached hydrogens (primary N) is 1. The smallest absolute Gasteiger partial charge is 0.382 e. The molecular formula is C21H33FN5O7P. The number of hydrogen-bond donors (Lipinski definition) is 1. The SMILES string of the molecule is CCCCOP(=O)(OCCCC)OC[C@@]1(F)O[C@@H](n2cnc3c(N)ncnc32)[C@H]2OC(C)(C)OC21. The molecule has 4 heterocycles. The van der Waals surface area contributed by atoms with Crippen LogP contribution in [0.4, 0.5) is 10.2 Å². The zero-order valence-electron chi connectivity index (χ0n) is 20.4. The molecule has 2 aliphatic heterocycles. The normalized spacial score (nSPS) is 28.1. The molecular weight excluding hydrogens is 484 g/mol. The summed E-state index contributed by atoms with van der Waals surface area (Å²) in [5.74, 6) is -3.45. The van der Waals surface area contributed by atoms with Gasteiger partial charge in [0, 0.05) is 0 Å². The highest BCUT2D eigenvalue weighted by molar-refractivity contribution is 7.48. The van der Waals surface area contributed by atoms with Gasteiger partial charge in [-0.05, 0) is 26.7 Å². The van der Waals surface area contributed by atoms with E-state index in [4.69, 9.17) is 33.5 Å². The van der Waals surface area contributed by atoms with Crippen molar-refractivity contribution in [1.82, 2.24) is 19.5 Å². The zero-order valence-corrected chi connectivity index (χ0v) is 21.3. The highest BCUT2D eigenvalue weighted by Crippen LogP contribution is 2.54. The molecule has 0 radical (unpaired) electrons. The maximum absolute atomic E-state index is 16.4. The Labute approximate surface area is 203 Å². The molecule has 0 amide bonds. The second-order valence-corrected chi connectivity index (χ2v) is 10.7. The van der Waals surface area contributed by atoms with Crippen molar-refractivity contribution in [3.05, 3.63) is 12.7 Å². The van der Waals surface area contributed by atoms with Crippen molar-refractivity contribution in [3.63, 3.8) is 0 Å². The van der Waals surface area contributed by atoms with Gasteiger partial charge in [-0.1, -0.05) is 26.7 Å². The molecule has 0 spiro atoms. The molecule has 2 saturated heterocycles. The van der Waals surface area contributed by atoms with Crippen LogP contribution in [0.5, 0.6) is 0 Å². The van der Waals surface area contributed by atoms with E-state index in [-0.39, 0.29) is 19.0 Å². The van der Waals surface area contributed by atoms with Crippen LogP contribution in [0.2, 0.25) is 0 Å². The highest BCUT2D eigenvalue weighted by Gasteiger charge is 2.65. The fourth-order valence-electron chi connectivity index (χ4n) is 3.97. The summed E-state index contributed by atoms with van der Waals surface area (Å²) in [6.45, 7) is 6.82. The standard InChI is InChI=1S/C21H33FN5O7P/c1-5-7-9-29-35(28,30-10-8-6-2)31-11-21(22)16-15(32-20(3,4)33-16)19(34-21)27-13-26-14-17(23)24-12-25-18(14)27/h12-13,15-16,19H,5-11H2,1-4H3,(H2,23,24,25)/t15-,16?,19+,21+/m0/s1. The van der Waals surface area contributed by atoms with E-state index in [0.717, 1.165) is 12.8 Å². The van der Waals surface area contributed by atoms with Crippen molar-refractivity contribution in [1.29, 1.82) is 0 Å². The minimum absolute atomic E-state index is 0.156. The van der Waals surface area contributed by atoms with Crippen LogP contribution in [0.1, 0.15) is 59.6 Å². The fraction of sp³-hybridized carbons (Fsp3) is 0.762. The minimum Gasteiger partial charge on any atom is -0.382 e. The lowest BCUT2D eigenvalue weighted by molar-refractivity contribution is -0.263. The summed E-state index contributed by atoms with van der Waals surface area (Å²) in [6.07, 6.45) is 2.56. The molecule has 0 bridgehead atoms. The molecule has 14 heteroatoms. The molecule has 2 aliphatic rings. The maximum Gasteiger partial charge on any atom is 0.474 e. The van der Waals surface area contributed by atoms with Crippen LogP contribution in [0.3, 0.4) is 0 Å². The molecule has 0 saturated carbocycles. The first kappa shape index (κ1) is 26.3. The molecule has 2 aromatic heterocycles. The first-order valence-corrected chi connectivity index (χ1v) is 13.3. The minimum atomic E-state index is -4.04. The third-order valence-electron chi connectivity index (χ3n) is 5.73. The lowest BCUT2D eigenvalue weighted by atomic mass is 10.1. The number of alkyl halides is 1. The molecule has 2 aromatic rings. The number of fused-ring (bicyclic) bond motifs is 2. The van der Waals surface area contributed by atoms with Crippen molar-refractivity contribution in [2.75, 3.05) is 25.6 Å². The number of imidazole rings is 1. The van der Waals surface area contributed by atoms with Crippen LogP contribution >= 0.6 is 7.82 Å². The summed E-state index contributed by atoms with van der Waals surface area (Å²) in [4.78, 5) is 12.4. The third-order valence-corrected chi connectivity index (χ3v) is 7.17. The number of anilines is 1. The molecule has 196 valence electrons. The fourth-order valence-corrected chi connectivity index (χ4v) is 5.24. The lowest BCUT2D eigenvalue weighted by Crippen LogP contribution is -2.43. The monoisotopic (exact) mass is 517 g/mol. The Morgan fingerprint density at radius 1 is 1.09 bits per heavy atom. The molecule has 2 fully saturated rings. The number of halogens is 1. The van der Waals surface area contributed by atoms with Crippen LogP contribution in [0, 0.1) is 0 Å². The molecule has 0 aliphatic carbocycles. The number of nitrogen functional groups attached to an aromatic ring is 1. The molecule has 35 heavy (non-hydrogen) atoms. The molecule has 12 nitrogen and oxygen atoms in total. The van der Waals surface area contributed by atoms with E-state index in [1.807, 2.05) is 13.8 Å². The number of phosphoric acid groups is 1. The van der Waals surface area contributed by atoms with Crippen molar-refractivity contribution >= 4 is 24.8 Å². The van der Waals surface area contributed by atoms with E-state index in [0.29, 0.717) is 24.0 Å². The van der Waals surface area contributed by atoms with Gasteiger partial charge in [-0.3, -0.25) is 18.1 Å². The second-order valence-electron chi connectivity index (χ2n) is 8.99. The predicted molar refractivity (Wildman–Crippen MR) is 123 cm³/mol. The first-order valence-electron chi connectivity index (χ1n) is 11.8. The lowest BCUT2D eigenvalue weighted by Gasteiger charge is -2.29. The van der Waals surface area contributed by atoms with Gasteiger partial charge in [0.1, 0.15) is 24.6 Å². The summed E-state index contributed by atoms with van der Waals surface area (Å²) in [6, 6.07) is 0. The molecule has 0 aromatic carbocycles. The van der Waals surface area contributed by atoms with Gasteiger partial charge in [0.15, 0.2) is 29.6 Å². The largest absolute Gasteiger partial charge is 0.474 e. The van der Waals surface area contributed by atoms with E-state index in [1.54, 1.807) is 13.8 Å². The Morgan fingerprint density at radius 2 is 1.77 bits per heavy atom. The Hall–Kier alpha value is -1.73. The number of nitrogens with zero attached hydrogens (tertiary/aromatic N) is 4. The number of hydrogen-bond acceptors (Lipinski definition) is 11. The molecule has 1 unspecified atom stereocenters. The number of phosphoric ester groups is 1. The van der Waals surface area contributed by atoms with E-state index in [2.05, 4.69) is 15.0 Å². The molecule has 4 atom stereocenters. The Balaban J connectivity index is 1.57. The summed E-state index contributed by atoms with van der Waals surface area (Å²) in [5, 5.41) is 0. The van der Waals surface area contributed by atoms with Crippen molar-refractivity contribution in [2.24, 2.45) is 0 Å². The van der Waals surface area contributed by atoms with Crippen molar-refractivity contribution in [3.8, 4) is 0 Å². The van der Waals surface area contributed by atoms with Gasteiger partial charge >= 0.3 is 7.82 Å². The van der Waals surface area contributed by atoms with Crippen molar-refractivity contribution < 1.29 is 36.7 Å². The average molecular weight is 517 g/mol. The third kappa shape index (κ3) is 5.51. The summed E-state index contributed by atoms with van der Waals surface area (Å²) < 4.78 is 65.0. The summed E-state index contributed by atoms with van der Waals surface area (Å²) in [7, 11) is -4.04. The van der Waals surface area contributed by atoms with E-state index >= 15 is 4.39 Å². The zero-order chi connectivity index (χ0) is 25.3. The van der Waals surface area contributed by atoms with Gasteiger partial charge in [0.25, 0.3) is 5.85 Å². The van der Waals surface area contributed by atoms with Crippen LogP contribution in [0.15, 0.2) is 12.7 Å². The van der Waals surface area contributed by atoms with E-state index < -0.39 is 44.5 Å². The topological polar surface area (TPSA) is 142 Å². The van der Waals surface area contributed by atoms with Crippen LogP contribution in [-0.4, -0.2) is 63.2 Å². The van der Waals surface area contributed by atoms with Crippen LogP contribution in [0.25, 0.3) is 11.2 Å². The van der Waals surface area contributed by atoms with Gasteiger partial charge in [-0.2, -0.15) is 0 Å². The molecule has 2 N–H and O–H groups in total. The highest BCUT2D eigenvalue weighted by atomic mass is 31.2. The van der Waals surface area contributed by atoms with E-state index in [9.17, 15) is 4.57 Å². The number of unbranched alkanes of at least 4 members (excludes halogenated alkanes) is 2. The maximum atomic E-state index is 16.4. The number of rotatable bonds is 12. The molecule has 4 rings (SSSR count). The van der Waals surface area contributed by atoms with Crippen molar-refractivity contribution in [2.45, 2.75) is 83.5 Å². The second kappa shape index (κ2) is 10.3. The van der Waals surface area contributed by atoms with Gasteiger partial charge < -0.3 is 19.9 Å². The van der Waals surface area contributed by atoms with Gasteiger partial charge in [0.2, 0.25) is 0 Å². The van der Waals surface area contributed by atoms with Gasteiger partial charge in [0.05, 0.1) is 19.5 Å². The summed E-state index contributed by atoms with van der Waals surface area (Å²) in [5.41, 5.74) is 6.58. The Kier molecular flexibility index (Phi) is 7.77. The Bertz CT molecular complexity index is 1060. The number of aromatic nitrogens is 4. The quantitative estimate of drug-likeness (QED) is 0.324.